The van der Waals surface area contributed by atoms with Crippen LogP contribution in [0.2, 0.25) is 20.1 Å². The highest BCUT2D eigenvalue weighted by Gasteiger charge is 2.18. The van der Waals surface area contributed by atoms with Crippen molar-refractivity contribution in [1.82, 2.24) is 0 Å². The molecular weight excluding hydrogens is 322 g/mol. The lowest BCUT2D eigenvalue weighted by Crippen LogP contribution is -2.00. The summed E-state index contributed by atoms with van der Waals surface area (Å²) in [5.41, 5.74) is 2.45. The van der Waals surface area contributed by atoms with Crippen LogP contribution in [0.25, 0.3) is 0 Å². The summed E-state index contributed by atoms with van der Waals surface area (Å²) in [4.78, 5) is 0. The molecule has 0 aromatic heterocycles. The molecule has 19 heavy (non-hydrogen) atoms. The van der Waals surface area contributed by atoms with Crippen molar-refractivity contribution in [3.8, 4) is 0 Å². The van der Waals surface area contributed by atoms with Gasteiger partial charge in [0, 0.05) is 22.0 Å². The molecule has 2 aromatic carbocycles. The van der Waals surface area contributed by atoms with Crippen molar-refractivity contribution in [2.75, 3.05) is 0 Å². The summed E-state index contributed by atoms with van der Waals surface area (Å²) < 4.78 is 0. The molecule has 4 heteroatoms. The summed E-state index contributed by atoms with van der Waals surface area (Å²) >= 11 is 24.3. The van der Waals surface area contributed by atoms with Crippen LogP contribution in [-0.4, -0.2) is 0 Å². The van der Waals surface area contributed by atoms with Crippen LogP contribution in [0, 0.1) is 25.1 Å². The van der Waals surface area contributed by atoms with E-state index in [2.05, 4.69) is 18.2 Å². The largest absolute Gasteiger partial charge is 0.0840 e. The van der Waals surface area contributed by atoms with Crippen molar-refractivity contribution >= 4 is 46.4 Å². The first-order chi connectivity index (χ1) is 8.91. The molecule has 1 atom stereocenters. The Morgan fingerprint density at radius 3 is 2.26 bits per heavy atom. The second-order valence-electron chi connectivity index (χ2n) is 4.20. The van der Waals surface area contributed by atoms with Gasteiger partial charge in [0.2, 0.25) is 0 Å². The molecule has 0 aliphatic heterocycles. The van der Waals surface area contributed by atoms with Crippen molar-refractivity contribution in [1.29, 1.82) is 0 Å². The highest BCUT2D eigenvalue weighted by molar-refractivity contribution is 6.36. The van der Waals surface area contributed by atoms with Gasteiger partial charge in [-0.25, -0.2) is 0 Å². The first-order valence-corrected chi connectivity index (χ1v) is 7.08. The third-order valence-electron chi connectivity index (χ3n) is 2.96. The van der Waals surface area contributed by atoms with Gasteiger partial charge in [-0.15, -0.1) is 0 Å². The minimum atomic E-state index is -0.0653. The predicted molar refractivity (Wildman–Crippen MR) is 81.7 cm³/mol. The summed E-state index contributed by atoms with van der Waals surface area (Å²) in [6.07, 6.45) is 0. The van der Waals surface area contributed by atoms with Gasteiger partial charge in [0.05, 0.1) is 10.0 Å². The van der Waals surface area contributed by atoms with Crippen LogP contribution in [-0.2, 0) is 0 Å². The van der Waals surface area contributed by atoms with E-state index in [-0.39, 0.29) is 5.92 Å². The second kappa shape index (κ2) is 5.93. The zero-order chi connectivity index (χ0) is 14.2. The van der Waals surface area contributed by atoms with E-state index < -0.39 is 0 Å². The molecule has 97 valence electrons. The van der Waals surface area contributed by atoms with Gasteiger partial charge in [0.25, 0.3) is 0 Å². The molecule has 2 rings (SSSR count). The lowest BCUT2D eigenvalue weighted by Gasteiger charge is -2.16. The third kappa shape index (κ3) is 3.03. The number of rotatable bonds is 2. The summed E-state index contributed by atoms with van der Waals surface area (Å²) in [5, 5.41) is 2.07. The van der Waals surface area contributed by atoms with Crippen LogP contribution < -0.4 is 0 Å². The Bertz CT molecular complexity index is 620. The van der Waals surface area contributed by atoms with Crippen molar-refractivity contribution in [2.45, 2.75) is 19.8 Å². The van der Waals surface area contributed by atoms with E-state index in [1.165, 1.54) is 0 Å². The molecule has 0 aliphatic rings. The first-order valence-electron chi connectivity index (χ1n) is 5.57. The lowest BCUT2D eigenvalue weighted by molar-refractivity contribution is 0.916. The summed E-state index contributed by atoms with van der Waals surface area (Å²) in [6, 6.07) is 12.4. The highest BCUT2D eigenvalue weighted by Crippen LogP contribution is 2.37. The molecule has 3 radical (unpaired) electrons. The Morgan fingerprint density at radius 2 is 1.63 bits per heavy atom. The van der Waals surface area contributed by atoms with E-state index >= 15 is 0 Å². The SMILES string of the molecule is Cc1c(Cl)c[c]c(C(C)c2[c]cc(Cl)[c]c2Cl)c1Cl. The number of benzene rings is 2. The molecule has 0 nitrogen and oxygen atoms in total. The molecule has 0 amide bonds. The zero-order valence-electron chi connectivity index (χ0n) is 10.2. The smallest absolute Gasteiger partial charge is 0.0544 e. The van der Waals surface area contributed by atoms with E-state index in [1.807, 2.05) is 13.8 Å². The molecule has 1 unspecified atom stereocenters. The molecule has 0 saturated carbocycles. The van der Waals surface area contributed by atoms with Gasteiger partial charge < -0.3 is 0 Å². The molecular formula is C15H9Cl4. The van der Waals surface area contributed by atoms with E-state index in [1.54, 1.807) is 12.1 Å². The Kier molecular flexibility index (Phi) is 4.68. The predicted octanol–water partition coefficient (Wildman–Crippen LogP) is 6.16. The molecule has 0 aliphatic carbocycles. The molecule has 0 bridgehead atoms. The molecule has 2 aromatic rings. The van der Waals surface area contributed by atoms with Crippen LogP contribution in [0.1, 0.15) is 29.5 Å². The fraction of sp³-hybridized carbons (Fsp3) is 0.200. The van der Waals surface area contributed by atoms with Crippen LogP contribution in [0.15, 0.2) is 12.1 Å². The van der Waals surface area contributed by atoms with Crippen LogP contribution in [0.5, 0.6) is 0 Å². The van der Waals surface area contributed by atoms with E-state index in [4.69, 9.17) is 46.4 Å². The molecule has 0 fully saturated rings. The van der Waals surface area contributed by atoms with Crippen LogP contribution >= 0.6 is 46.4 Å². The molecule has 0 spiro atoms. The number of halogens is 4. The van der Waals surface area contributed by atoms with Crippen LogP contribution in [0.3, 0.4) is 0 Å². The lowest BCUT2D eigenvalue weighted by atomic mass is 9.92. The van der Waals surface area contributed by atoms with Crippen LogP contribution in [0.4, 0.5) is 0 Å². The average Bonchev–Trinajstić information content (AvgIpc) is 2.35. The monoisotopic (exact) mass is 329 g/mol. The van der Waals surface area contributed by atoms with Gasteiger partial charge in [-0.1, -0.05) is 53.3 Å². The van der Waals surface area contributed by atoms with Gasteiger partial charge in [0.15, 0.2) is 0 Å². The molecule has 0 heterocycles. The minimum Gasteiger partial charge on any atom is -0.0840 e. The van der Waals surface area contributed by atoms with Gasteiger partial charge in [-0.05, 0) is 47.9 Å². The van der Waals surface area contributed by atoms with E-state index in [0.717, 1.165) is 16.7 Å². The Labute approximate surface area is 133 Å². The Balaban J connectivity index is 2.50. The quantitative estimate of drug-likeness (QED) is 0.618. The Morgan fingerprint density at radius 1 is 1.00 bits per heavy atom. The second-order valence-corrected chi connectivity index (χ2v) is 5.77. The molecule has 0 N–H and O–H groups in total. The third-order valence-corrected chi connectivity index (χ3v) is 4.35. The van der Waals surface area contributed by atoms with Gasteiger partial charge in [-0.3, -0.25) is 0 Å². The highest BCUT2D eigenvalue weighted by atomic mass is 35.5. The molecule has 0 saturated heterocycles. The van der Waals surface area contributed by atoms with Gasteiger partial charge in [-0.2, -0.15) is 0 Å². The standard InChI is InChI=1S/C15H9Cl4/c1-8(11-4-3-10(16)7-14(11)18)12-5-6-13(17)9(2)15(12)19/h3,6,8H,1-2H3. The minimum absolute atomic E-state index is 0.0653. The van der Waals surface area contributed by atoms with Crippen molar-refractivity contribution < 1.29 is 0 Å². The maximum Gasteiger partial charge on any atom is 0.0544 e. The summed E-state index contributed by atoms with van der Waals surface area (Å²) in [7, 11) is 0. The zero-order valence-corrected chi connectivity index (χ0v) is 13.3. The summed E-state index contributed by atoms with van der Waals surface area (Å²) in [5.74, 6) is -0.0653. The number of hydrogen-bond donors (Lipinski definition) is 0. The fourth-order valence-corrected chi connectivity index (χ4v) is 2.84. The Hall–Kier alpha value is -0.400. The van der Waals surface area contributed by atoms with E-state index in [9.17, 15) is 0 Å². The van der Waals surface area contributed by atoms with Gasteiger partial charge >= 0.3 is 0 Å². The maximum absolute atomic E-state index is 6.32. The van der Waals surface area contributed by atoms with E-state index in [0.29, 0.717) is 20.1 Å². The van der Waals surface area contributed by atoms with Crippen molar-refractivity contribution in [3.05, 3.63) is 67.1 Å². The first kappa shape index (κ1) is 15.0. The van der Waals surface area contributed by atoms with Crippen molar-refractivity contribution in [2.24, 2.45) is 0 Å². The topological polar surface area (TPSA) is 0 Å². The van der Waals surface area contributed by atoms with Gasteiger partial charge in [0.1, 0.15) is 0 Å². The fourth-order valence-electron chi connectivity index (χ4n) is 1.81. The summed E-state index contributed by atoms with van der Waals surface area (Å²) in [6.45, 7) is 3.85. The average molecular weight is 331 g/mol. The number of hydrogen-bond acceptors (Lipinski definition) is 0. The maximum atomic E-state index is 6.32. The normalized spacial score (nSPS) is 12.5. The van der Waals surface area contributed by atoms with Crippen molar-refractivity contribution in [3.63, 3.8) is 0 Å².